The van der Waals surface area contributed by atoms with Gasteiger partial charge in [-0.05, 0) is 42.0 Å². The average molecular weight is 399 g/mol. The number of nitrogens with zero attached hydrogens (tertiary/aromatic N) is 1. The van der Waals surface area contributed by atoms with E-state index in [9.17, 15) is 9.90 Å². The second kappa shape index (κ2) is 9.10. The number of carbonyl (C=O) groups is 1. The highest BCUT2D eigenvalue weighted by Gasteiger charge is 2.16. The van der Waals surface area contributed by atoms with Gasteiger partial charge in [-0.3, -0.25) is 4.79 Å². The Kier molecular flexibility index (Phi) is 6.34. The molecule has 1 amide bonds. The van der Waals surface area contributed by atoms with Crippen LogP contribution in [0.15, 0.2) is 60.8 Å². The number of rotatable bonds is 7. The van der Waals surface area contributed by atoms with E-state index in [1.54, 1.807) is 24.3 Å². The molecule has 2 aromatic carbocycles. The maximum absolute atomic E-state index is 12.3. The first kappa shape index (κ1) is 19.5. The van der Waals surface area contributed by atoms with Gasteiger partial charge in [-0.2, -0.15) is 0 Å². The maximum atomic E-state index is 12.3. The summed E-state index contributed by atoms with van der Waals surface area (Å²) >= 11 is 5.87. The molecule has 0 aliphatic heterocycles. The molecule has 0 spiro atoms. The van der Waals surface area contributed by atoms with E-state index >= 15 is 0 Å². The molecule has 0 atom stereocenters. The normalized spacial score (nSPS) is 10.4. The fourth-order valence-electron chi connectivity index (χ4n) is 2.53. The third kappa shape index (κ3) is 4.92. The second-order valence-electron chi connectivity index (χ2n) is 5.91. The number of ether oxygens (including phenoxy) is 2. The van der Waals surface area contributed by atoms with Crippen molar-refractivity contribution in [3.05, 3.63) is 77.1 Å². The quantitative estimate of drug-likeness (QED) is 0.619. The van der Waals surface area contributed by atoms with E-state index in [2.05, 4.69) is 10.3 Å². The van der Waals surface area contributed by atoms with Gasteiger partial charge < -0.3 is 19.9 Å². The number of hydrogen-bond donors (Lipinski definition) is 2. The Balaban J connectivity index is 1.55. The summed E-state index contributed by atoms with van der Waals surface area (Å²) in [7, 11) is 1.41. The maximum Gasteiger partial charge on any atom is 0.278 e. The highest BCUT2D eigenvalue weighted by atomic mass is 35.5. The number of carbonyl (C=O) groups excluding carboxylic acids is 1. The molecule has 2 N–H and O–H groups in total. The van der Waals surface area contributed by atoms with Crippen molar-refractivity contribution < 1.29 is 19.4 Å². The Morgan fingerprint density at radius 2 is 1.82 bits per heavy atom. The number of methoxy groups -OCH3 is 1. The minimum atomic E-state index is -0.534. The summed E-state index contributed by atoms with van der Waals surface area (Å²) in [5, 5.41) is 13.4. The Morgan fingerprint density at radius 1 is 1.11 bits per heavy atom. The molecular formula is C21H19ClN2O4. The number of benzene rings is 2. The van der Waals surface area contributed by atoms with E-state index in [4.69, 9.17) is 21.1 Å². The molecule has 0 bridgehead atoms. The number of hydrogen-bond acceptors (Lipinski definition) is 5. The van der Waals surface area contributed by atoms with Crippen LogP contribution in [0.1, 0.15) is 16.1 Å². The number of pyridine rings is 1. The van der Waals surface area contributed by atoms with E-state index in [1.807, 2.05) is 24.3 Å². The van der Waals surface area contributed by atoms with Crippen LogP contribution in [0.4, 0.5) is 5.69 Å². The lowest BCUT2D eigenvalue weighted by Gasteiger charge is -2.10. The van der Waals surface area contributed by atoms with Crippen LogP contribution >= 0.6 is 11.6 Å². The average Bonchev–Trinajstić information content (AvgIpc) is 2.71. The third-order valence-electron chi connectivity index (χ3n) is 4.01. The van der Waals surface area contributed by atoms with E-state index in [-0.39, 0.29) is 17.2 Å². The number of aromatic hydroxyl groups is 1. The Morgan fingerprint density at radius 3 is 2.50 bits per heavy atom. The van der Waals surface area contributed by atoms with Gasteiger partial charge in [0.1, 0.15) is 5.75 Å². The zero-order valence-corrected chi connectivity index (χ0v) is 15.9. The lowest BCUT2D eigenvalue weighted by atomic mass is 10.2. The molecule has 1 heterocycles. The van der Waals surface area contributed by atoms with Crippen LogP contribution in [0.2, 0.25) is 5.02 Å². The van der Waals surface area contributed by atoms with Gasteiger partial charge >= 0.3 is 0 Å². The summed E-state index contributed by atoms with van der Waals surface area (Å²) in [4.78, 5) is 16.2. The molecule has 6 nitrogen and oxygen atoms in total. The number of anilines is 1. The minimum absolute atomic E-state index is 0.109. The largest absolute Gasteiger partial charge is 0.503 e. The van der Waals surface area contributed by atoms with E-state index in [1.165, 1.54) is 19.4 Å². The molecule has 7 heteroatoms. The predicted molar refractivity (Wildman–Crippen MR) is 108 cm³/mol. The Bertz CT molecular complexity index is 944. The highest BCUT2D eigenvalue weighted by molar-refractivity contribution is 6.30. The number of halogens is 1. The molecule has 0 saturated heterocycles. The molecule has 0 aliphatic rings. The molecule has 0 radical (unpaired) electrons. The fourth-order valence-corrected chi connectivity index (χ4v) is 2.66. The van der Waals surface area contributed by atoms with Gasteiger partial charge in [0.25, 0.3) is 5.91 Å². The molecule has 3 rings (SSSR count). The van der Waals surface area contributed by atoms with E-state index in [0.717, 1.165) is 12.0 Å². The first-order valence-corrected chi connectivity index (χ1v) is 8.95. The molecule has 1 aromatic heterocycles. The van der Waals surface area contributed by atoms with Crippen LogP contribution in [0, 0.1) is 0 Å². The van der Waals surface area contributed by atoms with Gasteiger partial charge in [0, 0.05) is 29.4 Å². The number of amides is 1. The zero-order chi connectivity index (χ0) is 19.9. The number of nitrogens with one attached hydrogen (secondary N) is 1. The molecule has 0 fully saturated rings. The first-order chi connectivity index (χ1) is 13.6. The van der Waals surface area contributed by atoms with Gasteiger partial charge in [-0.25, -0.2) is 4.98 Å². The van der Waals surface area contributed by atoms with E-state index in [0.29, 0.717) is 23.1 Å². The van der Waals surface area contributed by atoms with Crippen LogP contribution in [-0.2, 0) is 6.42 Å². The van der Waals surface area contributed by atoms with Crippen molar-refractivity contribution in [2.24, 2.45) is 0 Å². The third-order valence-corrected chi connectivity index (χ3v) is 4.26. The first-order valence-electron chi connectivity index (χ1n) is 8.57. The van der Waals surface area contributed by atoms with Crippen LogP contribution < -0.4 is 14.8 Å². The van der Waals surface area contributed by atoms with Gasteiger partial charge in [-0.1, -0.05) is 23.7 Å². The van der Waals surface area contributed by atoms with Gasteiger partial charge in [0.2, 0.25) is 0 Å². The lowest BCUT2D eigenvalue weighted by molar-refractivity contribution is 0.101. The van der Waals surface area contributed by atoms with Crippen molar-refractivity contribution in [3.63, 3.8) is 0 Å². The van der Waals surface area contributed by atoms with Crippen LogP contribution in [0.3, 0.4) is 0 Å². The molecule has 0 unspecified atom stereocenters. The Labute approximate surface area is 167 Å². The second-order valence-corrected chi connectivity index (χ2v) is 6.35. The summed E-state index contributed by atoms with van der Waals surface area (Å²) in [5.74, 6) is 0.0383. The summed E-state index contributed by atoms with van der Waals surface area (Å²) in [6, 6.07) is 16.1. The van der Waals surface area contributed by atoms with Crippen molar-refractivity contribution in [2.75, 3.05) is 19.0 Å². The fraction of sp³-hybridized carbons (Fsp3) is 0.143. The minimum Gasteiger partial charge on any atom is -0.503 e. The summed E-state index contributed by atoms with van der Waals surface area (Å²) in [6.45, 7) is 0.523. The van der Waals surface area contributed by atoms with Crippen molar-refractivity contribution in [2.45, 2.75) is 6.42 Å². The molecule has 28 heavy (non-hydrogen) atoms. The molecular weight excluding hydrogens is 380 g/mol. The summed E-state index contributed by atoms with van der Waals surface area (Å²) in [6.07, 6.45) is 2.15. The Hall–Kier alpha value is -3.25. The van der Waals surface area contributed by atoms with E-state index < -0.39 is 5.91 Å². The lowest BCUT2D eigenvalue weighted by Crippen LogP contribution is -2.14. The van der Waals surface area contributed by atoms with Crippen molar-refractivity contribution in [1.82, 2.24) is 4.98 Å². The summed E-state index contributed by atoms with van der Waals surface area (Å²) in [5.41, 5.74) is 1.58. The standard InChI is InChI=1S/C21H19ClN2O4/c1-27-18-10-12-23-19(20(18)25)21(26)24-16-6-8-17(9-7-16)28-13-11-14-2-4-15(22)5-3-14/h2-10,12,25H,11,13H2,1H3,(H,24,26). The summed E-state index contributed by atoms with van der Waals surface area (Å²) < 4.78 is 10.7. The van der Waals surface area contributed by atoms with Gasteiger partial charge in [0.05, 0.1) is 13.7 Å². The van der Waals surface area contributed by atoms with Gasteiger partial charge in [0.15, 0.2) is 17.2 Å². The molecule has 0 aliphatic carbocycles. The van der Waals surface area contributed by atoms with Crippen molar-refractivity contribution >= 4 is 23.2 Å². The smallest absolute Gasteiger partial charge is 0.278 e. The topological polar surface area (TPSA) is 80.7 Å². The molecule has 3 aromatic rings. The molecule has 0 saturated carbocycles. The predicted octanol–water partition coefficient (Wildman–Crippen LogP) is 4.32. The zero-order valence-electron chi connectivity index (χ0n) is 15.2. The van der Waals surface area contributed by atoms with Crippen LogP contribution in [0.25, 0.3) is 0 Å². The monoisotopic (exact) mass is 398 g/mol. The van der Waals surface area contributed by atoms with Crippen LogP contribution in [0.5, 0.6) is 17.2 Å². The van der Waals surface area contributed by atoms with Crippen molar-refractivity contribution in [1.29, 1.82) is 0 Å². The highest BCUT2D eigenvalue weighted by Crippen LogP contribution is 2.28. The van der Waals surface area contributed by atoms with Crippen LogP contribution in [-0.4, -0.2) is 29.7 Å². The SMILES string of the molecule is COc1ccnc(C(=O)Nc2ccc(OCCc3ccc(Cl)cc3)cc2)c1O. The van der Waals surface area contributed by atoms with Crippen molar-refractivity contribution in [3.8, 4) is 17.2 Å². The van der Waals surface area contributed by atoms with Gasteiger partial charge in [-0.15, -0.1) is 0 Å². The number of aromatic nitrogens is 1. The molecule has 144 valence electrons.